The normalized spacial score (nSPS) is 10.8. The van der Waals surface area contributed by atoms with E-state index in [0.717, 1.165) is 5.56 Å². The van der Waals surface area contributed by atoms with Crippen LogP contribution in [0.2, 0.25) is 5.02 Å². The lowest BCUT2D eigenvalue weighted by Gasteiger charge is -2.09. The highest BCUT2D eigenvalue weighted by molar-refractivity contribution is 6.31. The van der Waals surface area contributed by atoms with Gasteiger partial charge in [0.2, 0.25) is 0 Å². The Hall–Kier alpha value is -3.26. The zero-order chi connectivity index (χ0) is 18.4. The Morgan fingerprint density at radius 1 is 1.31 bits per heavy atom. The molecule has 0 aliphatic rings. The second-order valence-electron chi connectivity index (χ2n) is 5.10. The van der Waals surface area contributed by atoms with Gasteiger partial charge in [0.25, 0.3) is 0 Å². The number of anilines is 1. The minimum atomic E-state index is -0.576. The molecular formula is C17H13ClFN5O2. The molecule has 0 unspecified atom stereocenters. The SMILES string of the molecule is O=c1nc(N/N=C/c2cccc(OCc3c(F)cccc3Cl)c2)cn[nH]1. The van der Waals surface area contributed by atoms with E-state index in [0.29, 0.717) is 16.3 Å². The topological polar surface area (TPSA) is 92.3 Å². The lowest BCUT2D eigenvalue weighted by atomic mass is 10.2. The largest absolute Gasteiger partial charge is 0.489 e. The summed E-state index contributed by atoms with van der Waals surface area (Å²) in [7, 11) is 0. The van der Waals surface area contributed by atoms with Crippen molar-refractivity contribution in [2.24, 2.45) is 5.10 Å². The number of ether oxygens (including phenoxy) is 1. The summed E-state index contributed by atoms with van der Waals surface area (Å²) in [5.74, 6) is 0.328. The van der Waals surface area contributed by atoms with Gasteiger partial charge in [0.05, 0.1) is 17.4 Å². The quantitative estimate of drug-likeness (QED) is 0.512. The Bertz CT molecular complexity index is 972. The van der Waals surface area contributed by atoms with E-state index in [-0.39, 0.29) is 12.4 Å². The van der Waals surface area contributed by atoms with Crippen LogP contribution >= 0.6 is 11.6 Å². The molecule has 3 aromatic rings. The van der Waals surface area contributed by atoms with Crippen LogP contribution in [0, 0.1) is 5.82 Å². The molecule has 2 N–H and O–H groups in total. The predicted octanol–water partition coefficient (Wildman–Crippen LogP) is 2.98. The third kappa shape index (κ3) is 4.64. The Balaban J connectivity index is 1.64. The van der Waals surface area contributed by atoms with Crippen LogP contribution in [0.25, 0.3) is 0 Å². The highest BCUT2D eigenvalue weighted by Gasteiger charge is 2.07. The molecule has 9 heteroatoms. The van der Waals surface area contributed by atoms with Gasteiger partial charge < -0.3 is 4.74 Å². The third-order valence-corrected chi connectivity index (χ3v) is 3.62. The number of hydrogen-bond acceptors (Lipinski definition) is 6. The molecule has 3 rings (SSSR count). The number of rotatable bonds is 6. The first-order chi connectivity index (χ1) is 12.6. The molecule has 7 nitrogen and oxygen atoms in total. The van der Waals surface area contributed by atoms with E-state index >= 15 is 0 Å². The van der Waals surface area contributed by atoms with Crippen LogP contribution in [0.5, 0.6) is 5.75 Å². The van der Waals surface area contributed by atoms with Gasteiger partial charge in [-0.05, 0) is 29.8 Å². The van der Waals surface area contributed by atoms with Gasteiger partial charge in [0.15, 0.2) is 5.82 Å². The molecule has 26 heavy (non-hydrogen) atoms. The Morgan fingerprint density at radius 3 is 2.96 bits per heavy atom. The third-order valence-electron chi connectivity index (χ3n) is 3.26. The van der Waals surface area contributed by atoms with Crippen molar-refractivity contribution in [1.82, 2.24) is 15.2 Å². The van der Waals surface area contributed by atoms with E-state index in [1.165, 1.54) is 24.5 Å². The molecule has 0 saturated heterocycles. The summed E-state index contributed by atoms with van der Waals surface area (Å²) < 4.78 is 19.4. The molecule has 2 aromatic carbocycles. The zero-order valence-electron chi connectivity index (χ0n) is 13.3. The number of nitrogens with one attached hydrogen (secondary N) is 2. The summed E-state index contributed by atoms with van der Waals surface area (Å²) >= 11 is 5.98. The Kier molecular flexibility index (Phi) is 5.55. The maximum absolute atomic E-state index is 13.8. The molecule has 1 heterocycles. The number of hydrogen-bond donors (Lipinski definition) is 2. The van der Waals surface area contributed by atoms with Crippen molar-refractivity contribution < 1.29 is 9.13 Å². The van der Waals surface area contributed by atoms with Gasteiger partial charge in [-0.3, -0.25) is 5.43 Å². The molecule has 0 amide bonds. The first kappa shape index (κ1) is 17.6. The highest BCUT2D eigenvalue weighted by Crippen LogP contribution is 2.21. The van der Waals surface area contributed by atoms with E-state index < -0.39 is 11.5 Å². The fraction of sp³-hybridized carbons (Fsp3) is 0.0588. The van der Waals surface area contributed by atoms with Crippen LogP contribution in [-0.4, -0.2) is 21.4 Å². The molecule has 0 aliphatic heterocycles. The van der Waals surface area contributed by atoms with Crippen LogP contribution in [0.15, 0.2) is 58.6 Å². The first-order valence-corrected chi connectivity index (χ1v) is 7.86. The van der Waals surface area contributed by atoms with Crippen molar-refractivity contribution >= 4 is 23.6 Å². The molecule has 0 saturated carbocycles. The van der Waals surface area contributed by atoms with Crippen LogP contribution in [0.4, 0.5) is 10.2 Å². The number of aromatic nitrogens is 3. The summed E-state index contributed by atoms with van der Waals surface area (Å²) in [6.45, 7) is 0.00668. The summed E-state index contributed by atoms with van der Waals surface area (Å²) in [5, 5.41) is 10.0. The molecular weight excluding hydrogens is 361 g/mol. The van der Waals surface area contributed by atoms with Gasteiger partial charge in [0.1, 0.15) is 18.2 Å². The fourth-order valence-corrected chi connectivity index (χ4v) is 2.27. The van der Waals surface area contributed by atoms with Crippen molar-refractivity contribution in [2.75, 3.05) is 5.43 Å². The molecule has 1 aromatic heterocycles. The minimum absolute atomic E-state index is 0.00668. The number of hydrazone groups is 1. The zero-order valence-corrected chi connectivity index (χ0v) is 14.1. The minimum Gasteiger partial charge on any atom is -0.489 e. The van der Waals surface area contributed by atoms with Gasteiger partial charge in [0, 0.05) is 5.56 Å². The molecule has 0 aliphatic carbocycles. The number of halogens is 2. The summed E-state index contributed by atoms with van der Waals surface area (Å²) in [4.78, 5) is 14.7. The van der Waals surface area contributed by atoms with Crippen molar-refractivity contribution in [3.8, 4) is 5.75 Å². The van der Waals surface area contributed by atoms with Crippen molar-refractivity contribution in [2.45, 2.75) is 6.61 Å². The van der Waals surface area contributed by atoms with Gasteiger partial charge >= 0.3 is 5.69 Å². The van der Waals surface area contributed by atoms with Crippen molar-refractivity contribution in [1.29, 1.82) is 0 Å². The van der Waals surface area contributed by atoms with Gasteiger partial charge in [-0.1, -0.05) is 29.8 Å². The fourth-order valence-electron chi connectivity index (χ4n) is 2.05. The van der Waals surface area contributed by atoms with E-state index in [1.54, 1.807) is 30.3 Å². The van der Waals surface area contributed by atoms with Crippen LogP contribution in [-0.2, 0) is 6.61 Å². The first-order valence-electron chi connectivity index (χ1n) is 7.48. The van der Waals surface area contributed by atoms with Crippen molar-refractivity contribution in [3.63, 3.8) is 0 Å². The van der Waals surface area contributed by atoms with Gasteiger partial charge in [-0.15, -0.1) is 0 Å². The lowest BCUT2D eigenvalue weighted by molar-refractivity contribution is 0.300. The number of benzene rings is 2. The average Bonchev–Trinajstić information content (AvgIpc) is 2.62. The highest BCUT2D eigenvalue weighted by atomic mass is 35.5. The summed E-state index contributed by atoms with van der Waals surface area (Å²) in [5.41, 5.74) is 3.04. The number of H-pyrrole nitrogens is 1. The van der Waals surface area contributed by atoms with Gasteiger partial charge in [-0.25, -0.2) is 14.3 Å². The molecule has 0 fully saturated rings. The standard InChI is InChI=1S/C17H13ClFN5O2/c18-14-5-2-6-15(19)13(14)10-26-12-4-1-3-11(7-12)8-20-23-16-9-21-24-17(25)22-16/h1-9H,10H2,(H2,22,23,24,25)/b20-8+. The van der Waals surface area contributed by atoms with Crippen LogP contribution < -0.4 is 15.9 Å². The monoisotopic (exact) mass is 373 g/mol. The summed E-state index contributed by atoms with van der Waals surface area (Å²) in [6.07, 6.45) is 2.85. The Morgan fingerprint density at radius 2 is 2.15 bits per heavy atom. The van der Waals surface area contributed by atoms with E-state index in [2.05, 4.69) is 25.7 Å². The van der Waals surface area contributed by atoms with E-state index in [4.69, 9.17) is 16.3 Å². The molecule has 132 valence electrons. The Labute approximate surface area is 152 Å². The second-order valence-corrected chi connectivity index (χ2v) is 5.51. The lowest BCUT2D eigenvalue weighted by Crippen LogP contribution is -2.13. The number of aromatic amines is 1. The predicted molar refractivity (Wildman–Crippen MR) is 96.1 cm³/mol. The maximum Gasteiger partial charge on any atom is 0.363 e. The van der Waals surface area contributed by atoms with Crippen LogP contribution in [0.3, 0.4) is 0 Å². The molecule has 0 bridgehead atoms. The maximum atomic E-state index is 13.8. The van der Waals surface area contributed by atoms with E-state index in [9.17, 15) is 9.18 Å². The average molecular weight is 374 g/mol. The number of nitrogens with zero attached hydrogens (tertiary/aromatic N) is 3. The van der Waals surface area contributed by atoms with Crippen LogP contribution in [0.1, 0.15) is 11.1 Å². The molecule has 0 radical (unpaired) electrons. The molecule has 0 spiro atoms. The van der Waals surface area contributed by atoms with Gasteiger partial charge in [-0.2, -0.15) is 15.2 Å². The van der Waals surface area contributed by atoms with E-state index in [1.807, 2.05) is 0 Å². The van der Waals surface area contributed by atoms with Crippen molar-refractivity contribution in [3.05, 3.63) is 81.1 Å². The molecule has 0 atom stereocenters. The summed E-state index contributed by atoms with van der Waals surface area (Å²) in [6, 6.07) is 11.5. The smallest absolute Gasteiger partial charge is 0.363 e. The second kappa shape index (κ2) is 8.21.